The van der Waals surface area contributed by atoms with Gasteiger partial charge in [-0.25, -0.2) is 0 Å². The van der Waals surface area contributed by atoms with Crippen LogP contribution in [0.15, 0.2) is 42.6 Å². The summed E-state index contributed by atoms with van der Waals surface area (Å²) in [6, 6.07) is 9.58. The Kier molecular flexibility index (Phi) is 5.48. The quantitative estimate of drug-likeness (QED) is 0.238. The lowest BCUT2D eigenvalue weighted by Crippen LogP contribution is -2.35. The lowest BCUT2D eigenvalue weighted by Gasteiger charge is -2.09. The minimum Gasteiger partial charge on any atom is -0.329 e. The molecule has 4 aromatic rings. The van der Waals surface area contributed by atoms with Crippen LogP contribution < -0.4 is 14.9 Å². The van der Waals surface area contributed by atoms with Gasteiger partial charge in [0.1, 0.15) is 5.45 Å². The molecule has 0 bridgehead atoms. The van der Waals surface area contributed by atoms with E-state index >= 15 is 0 Å². The highest BCUT2D eigenvalue weighted by Gasteiger charge is 2.16. The first-order valence-corrected chi connectivity index (χ1v) is 10.7. The predicted octanol–water partition coefficient (Wildman–Crippen LogP) is 3.71. The van der Waals surface area contributed by atoms with Gasteiger partial charge in [0.25, 0.3) is 0 Å². The van der Waals surface area contributed by atoms with Crippen molar-refractivity contribution in [3.05, 3.63) is 47.6 Å². The van der Waals surface area contributed by atoms with Gasteiger partial charge in [0.2, 0.25) is 5.13 Å². The number of rotatable bonds is 7. The topological polar surface area (TPSA) is 128 Å². The minimum atomic E-state index is -4.48. The molecule has 0 spiro atoms. The number of benzene rings is 2. The van der Waals surface area contributed by atoms with Gasteiger partial charge >= 0.3 is 10.2 Å². The third kappa shape index (κ3) is 4.47. The van der Waals surface area contributed by atoms with Crippen LogP contribution in [0.1, 0.15) is 0 Å². The van der Waals surface area contributed by atoms with Crippen molar-refractivity contribution in [2.24, 2.45) is 0 Å². The van der Waals surface area contributed by atoms with E-state index in [9.17, 15) is 17.4 Å². The van der Waals surface area contributed by atoms with Gasteiger partial charge in [-0.2, -0.15) is 22.9 Å². The number of anilines is 3. The summed E-state index contributed by atoms with van der Waals surface area (Å²) in [4.78, 5) is 5.34. The normalized spacial score (nSPS) is 11.9. The van der Waals surface area contributed by atoms with Crippen molar-refractivity contribution in [2.75, 3.05) is 10.0 Å². The standard InChI is InChI=1S/C15H11ClF2N8O2S2/c16-13-10-7-19-22-11(10)4-5-12(13)20-15-21-14(23-29-15)8-2-1-3-9(6-8)24-30(27,28)25-26(17)18/h1-7,24-25H,(H,19,22)(H,20,21,23). The second kappa shape index (κ2) is 8.08. The van der Waals surface area contributed by atoms with Gasteiger partial charge in [0, 0.05) is 22.5 Å². The zero-order valence-corrected chi connectivity index (χ0v) is 17.0. The fourth-order valence-electron chi connectivity index (χ4n) is 2.58. The molecule has 156 valence electrons. The van der Waals surface area contributed by atoms with Gasteiger partial charge in [-0.3, -0.25) is 9.82 Å². The number of hydrogen-bond donors (Lipinski definition) is 4. The van der Waals surface area contributed by atoms with Crippen molar-refractivity contribution in [1.29, 1.82) is 0 Å². The molecule has 0 saturated heterocycles. The van der Waals surface area contributed by atoms with Gasteiger partial charge in [-0.1, -0.05) is 37.5 Å². The molecular formula is C15H11ClF2N8O2S2. The summed E-state index contributed by atoms with van der Waals surface area (Å²) in [6.45, 7) is 0. The number of halogens is 3. The summed E-state index contributed by atoms with van der Waals surface area (Å²) < 4.78 is 53.6. The van der Waals surface area contributed by atoms with Crippen LogP contribution in [0.4, 0.5) is 25.5 Å². The molecule has 0 aliphatic carbocycles. The van der Waals surface area contributed by atoms with Gasteiger partial charge < -0.3 is 5.32 Å². The van der Waals surface area contributed by atoms with Crippen molar-refractivity contribution in [1.82, 2.24) is 29.8 Å². The van der Waals surface area contributed by atoms with Crippen molar-refractivity contribution in [3.8, 4) is 11.4 Å². The van der Waals surface area contributed by atoms with Crippen LogP contribution >= 0.6 is 23.1 Å². The molecule has 0 amide bonds. The van der Waals surface area contributed by atoms with E-state index in [2.05, 4.69) is 24.9 Å². The van der Waals surface area contributed by atoms with Gasteiger partial charge in [0.05, 0.1) is 28.1 Å². The van der Waals surface area contributed by atoms with Crippen LogP contribution in [0.25, 0.3) is 22.3 Å². The number of aromatic nitrogens is 4. The smallest absolute Gasteiger partial charge is 0.316 e. The summed E-state index contributed by atoms with van der Waals surface area (Å²) >= 11 is 7.45. The Morgan fingerprint density at radius 3 is 2.83 bits per heavy atom. The Morgan fingerprint density at radius 1 is 1.20 bits per heavy atom. The third-order valence-corrected chi connectivity index (χ3v) is 5.71. The van der Waals surface area contributed by atoms with Crippen LogP contribution in [0, 0.1) is 0 Å². The lowest BCUT2D eigenvalue weighted by atomic mass is 10.2. The van der Waals surface area contributed by atoms with E-state index in [1.165, 1.54) is 18.2 Å². The first kappa shape index (κ1) is 20.4. The van der Waals surface area contributed by atoms with Gasteiger partial charge in [-0.15, -0.1) is 0 Å². The number of fused-ring (bicyclic) bond motifs is 1. The zero-order valence-electron chi connectivity index (χ0n) is 14.6. The molecule has 2 aromatic carbocycles. The number of nitrogens with zero attached hydrogens (tertiary/aromatic N) is 4. The van der Waals surface area contributed by atoms with Crippen LogP contribution in [0.2, 0.25) is 5.02 Å². The molecule has 0 radical (unpaired) electrons. The Labute approximate surface area is 177 Å². The van der Waals surface area contributed by atoms with E-state index < -0.39 is 15.7 Å². The van der Waals surface area contributed by atoms with E-state index in [0.717, 1.165) is 27.3 Å². The van der Waals surface area contributed by atoms with Crippen LogP contribution in [0.5, 0.6) is 0 Å². The molecule has 0 saturated carbocycles. The number of aromatic amines is 1. The summed E-state index contributed by atoms with van der Waals surface area (Å²) in [5.41, 5.74) is 0.273. The Bertz CT molecular complexity index is 1310. The first-order valence-electron chi connectivity index (χ1n) is 8.05. The molecule has 0 aliphatic rings. The second-order valence-electron chi connectivity index (χ2n) is 5.82. The average molecular weight is 473 g/mol. The van der Waals surface area contributed by atoms with Crippen LogP contribution in [-0.4, -0.2) is 33.4 Å². The maximum absolute atomic E-state index is 12.1. The zero-order chi connectivity index (χ0) is 21.3. The Hall–Kier alpha value is -2.91. The SMILES string of the molecule is O=S(=O)(Nc1cccc(-c2nsc(Nc3ccc4[nH]ncc4c3Cl)n2)c1)NN(F)F. The third-order valence-electron chi connectivity index (χ3n) is 3.79. The molecule has 0 unspecified atom stereocenters. The monoisotopic (exact) mass is 472 g/mol. The van der Waals surface area contributed by atoms with E-state index in [1.807, 2.05) is 10.8 Å². The van der Waals surface area contributed by atoms with Crippen molar-refractivity contribution >= 4 is 60.8 Å². The molecule has 0 fully saturated rings. The molecule has 30 heavy (non-hydrogen) atoms. The lowest BCUT2D eigenvalue weighted by molar-refractivity contribution is -0.175. The molecule has 2 aromatic heterocycles. The highest BCUT2D eigenvalue weighted by molar-refractivity contribution is 7.90. The van der Waals surface area contributed by atoms with E-state index in [1.54, 1.807) is 18.3 Å². The molecule has 10 nitrogen and oxygen atoms in total. The minimum absolute atomic E-state index is 0.0552. The number of nitrogens with one attached hydrogen (secondary N) is 4. The van der Waals surface area contributed by atoms with Gasteiger partial charge in [-0.05, 0) is 24.3 Å². The molecule has 4 N–H and O–H groups in total. The van der Waals surface area contributed by atoms with Gasteiger partial charge in [0.15, 0.2) is 5.82 Å². The maximum Gasteiger partial charge on any atom is 0.316 e. The van der Waals surface area contributed by atoms with E-state index in [4.69, 9.17) is 11.6 Å². The number of hydrogen-bond acceptors (Lipinski definition) is 8. The van der Waals surface area contributed by atoms with Crippen LogP contribution in [0.3, 0.4) is 0 Å². The highest BCUT2D eigenvalue weighted by atomic mass is 35.5. The fourth-order valence-corrected chi connectivity index (χ4v) is 4.10. The first-order chi connectivity index (χ1) is 14.3. The van der Waals surface area contributed by atoms with E-state index in [-0.39, 0.29) is 5.69 Å². The maximum atomic E-state index is 12.1. The molecule has 15 heteroatoms. The summed E-state index contributed by atoms with van der Waals surface area (Å²) in [5.74, 6) is 0.314. The van der Waals surface area contributed by atoms with E-state index in [0.29, 0.717) is 27.2 Å². The molecule has 4 rings (SSSR count). The summed E-state index contributed by atoms with van der Waals surface area (Å²) in [7, 11) is -4.48. The largest absolute Gasteiger partial charge is 0.329 e. The molecule has 0 aliphatic heterocycles. The van der Waals surface area contributed by atoms with Crippen molar-refractivity contribution in [2.45, 2.75) is 0 Å². The number of H-pyrrole nitrogens is 1. The molecular weight excluding hydrogens is 462 g/mol. The summed E-state index contributed by atoms with van der Waals surface area (Å²) in [6.07, 6.45) is 1.61. The Morgan fingerprint density at radius 2 is 2.03 bits per heavy atom. The number of hydrazine groups is 1. The molecule has 2 heterocycles. The fraction of sp³-hybridized carbons (Fsp3) is 0. The van der Waals surface area contributed by atoms with Crippen molar-refractivity contribution < 1.29 is 17.4 Å². The van der Waals surface area contributed by atoms with Crippen molar-refractivity contribution in [3.63, 3.8) is 0 Å². The average Bonchev–Trinajstić information content (AvgIpc) is 3.32. The van der Waals surface area contributed by atoms with Crippen LogP contribution in [-0.2, 0) is 10.2 Å². The molecule has 0 atom stereocenters. The highest BCUT2D eigenvalue weighted by Crippen LogP contribution is 2.33. The summed E-state index contributed by atoms with van der Waals surface area (Å²) in [5, 5.41) is 11.5. The Balaban J connectivity index is 1.54. The predicted molar refractivity (Wildman–Crippen MR) is 109 cm³/mol. The second-order valence-corrected chi connectivity index (χ2v) is 8.34.